The highest BCUT2D eigenvalue weighted by Gasteiger charge is 2.41. The van der Waals surface area contributed by atoms with Gasteiger partial charge in [0.1, 0.15) is 0 Å². The van der Waals surface area contributed by atoms with E-state index in [0.717, 1.165) is 23.4 Å². The Kier molecular flexibility index (Phi) is 1.90. The zero-order valence-electron chi connectivity index (χ0n) is 8.02. The van der Waals surface area contributed by atoms with Crippen molar-refractivity contribution in [2.75, 3.05) is 0 Å². The number of rotatable bonds is 1. The van der Waals surface area contributed by atoms with Gasteiger partial charge in [0.25, 0.3) is 0 Å². The van der Waals surface area contributed by atoms with Crippen molar-refractivity contribution in [3.05, 3.63) is 33.8 Å². The lowest BCUT2D eigenvalue weighted by Crippen LogP contribution is -2.20. The van der Waals surface area contributed by atoms with Crippen molar-refractivity contribution < 1.29 is 0 Å². The largest absolute Gasteiger partial charge is 0.321 e. The summed E-state index contributed by atoms with van der Waals surface area (Å²) in [6.07, 6.45) is 2.18. The van der Waals surface area contributed by atoms with Crippen LogP contribution in [0.4, 0.5) is 0 Å². The van der Waals surface area contributed by atoms with Crippen LogP contribution in [0.2, 0.25) is 5.02 Å². The third-order valence-electron chi connectivity index (χ3n) is 2.83. The maximum Gasteiger partial charge on any atom is 0.0438 e. The van der Waals surface area contributed by atoms with Gasteiger partial charge in [0, 0.05) is 10.6 Å². The van der Waals surface area contributed by atoms with E-state index < -0.39 is 0 Å². The Morgan fingerprint density at radius 3 is 2.38 bits per heavy atom. The Balaban J connectivity index is 2.52. The van der Waals surface area contributed by atoms with Crippen LogP contribution in [0.25, 0.3) is 0 Å². The highest BCUT2D eigenvalue weighted by atomic mass is 35.5. The summed E-state index contributed by atoms with van der Waals surface area (Å²) in [4.78, 5) is 0. The fourth-order valence-corrected chi connectivity index (χ4v) is 1.93. The molecule has 1 aliphatic rings. The van der Waals surface area contributed by atoms with Crippen LogP contribution in [0.15, 0.2) is 12.1 Å². The molecule has 0 aromatic heterocycles. The predicted molar refractivity (Wildman–Crippen MR) is 56.0 cm³/mol. The van der Waals surface area contributed by atoms with Gasteiger partial charge in [0.15, 0.2) is 0 Å². The number of halogens is 1. The highest BCUT2D eigenvalue weighted by Crippen LogP contribution is 2.45. The van der Waals surface area contributed by atoms with Crippen LogP contribution in [0.5, 0.6) is 0 Å². The van der Waals surface area contributed by atoms with Crippen molar-refractivity contribution in [3.63, 3.8) is 0 Å². The van der Waals surface area contributed by atoms with Gasteiger partial charge in [-0.2, -0.15) is 0 Å². The van der Waals surface area contributed by atoms with Crippen molar-refractivity contribution in [1.82, 2.24) is 0 Å². The van der Waals surface area contributed by atoms with Crippen LogP contribution < -0.4 is 5.73 Å². The molecular weight excluding hydrogens is 182 g/mol. The minimum atomic E-state index is -0.0680. The molecule has 1 aliphatic carbocycles. The van der Waals surface area contributed by atoms with Crippen molar-refractivity contribution in [1.29, 1.82) is 0 Å². The number of aryl methyl sites for hydroxylation is 2. The fourth-order valence-electron chi connectivity index (χ4n) is 1.77. The molecule has 1 fully saturated rings. The summed E-state index contributed by atoms with van der Waals surface area (Å²) in [6, 6.07) is 4.14. The Bertz CT molecular complexity index is 353. The average molecular weight is 196 g/mol. The monoisotopic (exact) mass is 195 g/mol. The van der Waals surface area contributed by atoms with E-state index in [-0.39, 0.29) is 5.54 Å². The fraction of sp³-hybridized carbons (Fsp3) is 0.455. The summed E-state index contributed by atoms with van der Waals surface area (Å²) in [5, 5.41) is 0.831. The second-order valence-electron chi connectivity index (χ2n) is 4.07. The van der Waals surface area contributed by atoms with Gasteiger partial charge in [-0.15, -0.1) is 0 Å². The lowest BCUT2D eigenvalue weighted by atomic mass is 9.98. The Hall–Kier alpha value is -0.530. The first-order chi connectivity index (χ1) is 6.03. The molecule has 0 unspecified atom stereocenters. The van der Waals surface area contributed by atoms with E-state index in [1.54, 1.807) is 0 Å². The van der Waals surface area contributed by atoms with Gasteiger partial charge in [-0.25, -0.2) is 0 Å². The molecular formula is C11H14ClN. The van der Waals surface area contributed by atoms with Crippen LogP contribution in [-0.2, 0) is 5.54 Å². The summed E-state index contributed by atoms with van der Waals surface area (Å²) in [7, 11) is 0. The first kappa shape index (κ1) is 9.04. The molecule has 0 radical (unpaired) electrons. The molecule has 0 atom stereocenters. The third kappa shape index (κ3) is 1.47. The Labute approximate surface area is 83.9 Å². The summed E-state index contributed by atoms with van der Waals surface area (Å²) in [6.45, 7) is 4.13. The zero-order valence-corrected chi connectivity index (χ0v) is 8.78. The maximum absolute atomic E-state index is 6.13. The van der Waals surface area contributed by atoms with E-state index in [2.05, 4.69) is 13.0 Å². The molecule has 1 saturated carbocycles. The second-order valence-corrected chi connectivity index (χ2v) is 4.48. The molecule has 13 heavy (non-hydrogen) atoms. The molecule has 2 rings (SSSR count). The van der Waals surface area contributed by atoms with E-state index >= 15 is 0 Å². The minimum absolute atomic E-state index is 0.0680. The summed E-state index contributed by atoms with van der Waals surface area (Å²) in [5.41, 5.74) is 9.68. The molecule has 1 aromatic carbocycles. The molecule has 0 heterocycles. The highest BCUT2D eigenvalue weighted by molar-refractivity contribution is 6.31. The normalized spacial score (nSPS) is 18.8. The second kappa shape index (κ2) is 2.73. The Morgan fingerprint density at radius 1 is 1.23 bits per heavy atom. The first-order valence-electron chi connectivity index (χ1n) is 4.59. The number of benzene rings is 1. The molecule has 70 valence electrons. The van der Waals surface area contributed by atoms with Gasteiger partial charge in [0.2, 0.25) is 0 Å². The van der Waals surface area contributed by atoms with Gasteiger partial charge in [-0.1, -0.05) is 17.7 Å². The van der Waals surface area contributed by atoms with E-state index in [1.807, 2.05) is 13.0 Å². The van der Waals surface area contributed by atoms with Crippen LogP contribution in [0, 0.1) is 13.8 Å². The molecule has 0 spiro atoms. The van der Waals surface area contributed by atoms with Crippen molar-refractivity contribution in [3.8, 4) is 0 Å². The smallest absolute Gasteiger partial charge is 0.0438 e. The van der Waals surface area contributed by atoms with Crippen LogP contribution in [-0.4, -0.2) is 0 Å². The third-order valence-corrected chi connectivity index (χ3v) is 3.24. The Morgan fingerprint density at radius 2 is 1.85 bits per heavy atom. The van der Waals surface area contributed by atoms with Crippen LogP contribution in [0.1, 0.15) is 29.5 Å². The standard InChI is InChI=1S/C11H14ClN/c1-7-5-8(2)10(12)6-9(7)11(13)3-4-11/h5-6H,3-4,13H2,1-2H3. The van der Waals surface area contributed by atoms with Crippen molar-refractivity contribution >= 4 is 11.6 Å². The minimum Gasteiger partial charge on any atom is -0.321 e. The van der Waals surface area contributed by atoms with Crippen LogP contribution >= 0.6 is 11.6 Å². The molecule has 2 heteroatoms. The lowest BCUT2D eigenvalue weighted by molar-refractivity contribution is 0.733. The van der Waals surface area contributed by atoms with E-state index in [4.69, 9.17) is 17.3 Å². The SMILES string of the molecule is Cc1cc(C)c(C2(N)CC2)cc1Cl. The molecule has 0 amide bonds. The molecule has 1 nitrogen and oxygen atoms in total. The van der Waals surface area contributed by atoms with Gasteiger partial charge in [0.05, 0.1) is 0 Å². The number of hydrogen-bond donors (Lipinski definition) is 1. The topological polar surface area (TPSA) is 26.0 Å². The van der Waals surface area contributed by atoms with Gasteiger partial charge in [-0.3, -0.25) is 0 Å². The van der Waals surface area contributed by atoms with Crippen molar-refractivity contribution in [2.24, 2.45) is 5.73 Å². The summed E-state index contributed by atoms with van der Waals surface area (Å²) in [5.74, 6) is 0. The van der Waals surface area contributed by atoms with E-state index in [0.29, 0.717) is 0 Å². The van der Waals surface area contributed by atoms with E-state index in [9.17, 15) is 0 Å². The number of hydrogen-bond acceptors (Lipinski definition) is 1. The molecule has 0 aliphatic heterocycles. The zero-order chi connectivity index (χ0) is 9.64. The molecule has 0 saturated heterocycles. The van der Waals surface area contributed by atoms with Gasteiger partial charge in [-0.05, 0) is 49.4 Å². The molecule has 0 bridgehead atoms. The first-order valence-corrected chi connectivity index (χ1v) is 4.97. The quantitative estimate of drug-likeness (QED) is 0.733. The average Bonchev–Trinajstić information content (AvgIpc) is 2.77. The summed E-state index contributed by atoms with van der Waals surface area (Å²) >= 11 is 6.06. The van der Waals surface area contributed by atoms with Crippen molar-refractivity contribution in [2.45, 2.75) is 32.2 Å². The molecule has 2 N–H and O–H groups in total. The maximum atomic E-state index is 6.13. The van der Waals surface area contributed by atoms with E-state index in [1.165, 1.54) is 11.1 Å². The van der Waals surface area contributed by atoms with Gasteiger partial charge < -0.3 is 5.73 Å². The van der Waals surface area contributed by atoms with Crippen LogP contribution in [0.3, 0.4) is 0 Å². The van der Waals surface area contributed by atoms with Gasteiger partial charge >= 0.3 is 0 Å². The predicted octanol–water partition coefficient (Wildman–Crippen LogP) is 2.90. The lowest BCUT2D eigenvalue weighted by Gasteiger charge is -2.14. The molecule has 1 aromatic rings. The number of nitrogens with two attached hydrogens (primary N) is 1. The summed E-state index contributed by atoms with van der Waals surface area (Å²) < 4.78 is 0.